The fraction of sp³-hybridized carbons (Fsp3) is 0.190. The molecule has 1 aromatic heterocycles. The molecule has 1 amide bonds. The molecule has 7 heteroatoms. The number of carbonyl (C=O) groups is 1. The van der Waals surface area contributed by atoms with Gasteiger partial charge in [0.15, 0.2) is 0 Å². The molecule has 0 aliphatic heterocycles. The monoisotopic (exact) mass is 396 g/mol. The van der Waals surface area contributed by atoms with E-state index >= 15 is 0 Å². The molecule has 0 unspecified atom stereocenters. The van der Waals surface area contributed by atoms with Crippen molar-refractivity contribution >= 4 is 17.5 Å². The van der Waals surface area contributed by atoms with Crippen molar-refractivity contribution in [1.29, 1.82) is 5.26 Å². The Hall–Kier alpha value is -3.17. The topological polar surface area (TPSA) is 70.7 Å². The molecule has 28 heavy (non-hydrogen) atoms. The molecule has 0 spiro atoms. The van der Waals surface area contributed by atoms with Gasteiger partial charge in [-0.05, 0) is 49.2 Å². The van der Waals surface area contributed by atoms with Crippen molar-refractivity contribution in [2.45, 2.75) is 20.4 Å². The van der Waals surface area contributed by atoms with Crippen molar-refractivity contribution in [3.63, 3.8) is 0 Å². The van der Waals surface area contributed by atoms with Crippen LogP contribution in [0.15, 0.2) is 36.4 Å². The molecule has 0 fully saturated rings. The van der Waals surface area contributed by atoms with E-state index in [4.69, 9.17) is 16.9 Å². The summed E-state index contributed by atoms with van der Waals surface area (Å²) in [4.78, 5) is 11.6. The Morgan fingerprint density at radius 3 is 2.64 bits per heavy atom. The van der Waals surface area contributed by atoms with Crippen molar-refractivity contribution in [2.24, 2.45) is 0 Å². The van der Waals surface area contributed by atoms with Gasteiger partial charge in [-0.2, -0.15) is 10.4 Å². The summed E-state index contributed by atoms with van der Waals surface area (Å²) in [7, 11) is 1.46. The highest BCUT2D eigenvalue weighted by Gasteiger charge is 2.16. The molecule has 1 N–H and O–H groups in total. The Balaban J connectivity index is 1.95. The van der Waals surface area contributed by atoms with Gasteiger partial charge < -0.3 is 5.32 Å². The van der Waals surface area contributed by atoms with Crippen LogP contribution in [0.1, 0.15) is 32.9 Å². The van der Waals surface area contributed by atoms with Crippen LogP contribution in [0.3, 0.4) is 0 Å². The number of nitrogens with zero attached hydrogens (tertiary/aromatic N) is 3. The predicted molar refractivity (Wildman–Crippen MR) is 106 cm³/mol. The molecule has 0 aliphatic rings. The van der Waals surface area contributed by atoms with Gasteiger partial charge >= 0.3 is 0 Å². The van der Waals surface area contributed by atoms with Crippen LogP contribution in [-0.4, -0.2) is 22.7 Å². The maximum atomic E-state index is 14.2. The molecule has 5 nitrogen and oxygen atoms in total. The average molecular weight is 397 g/mol. The highest BCUT2D eigenvalue weighted by molar-refractivity contribution is 6.32. The second-order valence-corrected chi connectivity index (χ2v) is 6.81. The molecule has 2 aromatic carbocycles. The number of halogens is 2. The molecule has 0 aliphatic carbocycles. The summed E-state index contributed by atoms with van der Waals surface area (Å²) in [6.07, 6.45) is 0. The van der Waals surface area contributed by atoms with Crippen molar-refractivity contribution < 1.29 is 9.18 Å². The molecule has 0 saturated heterocycles. The largest absolute Gasteiger partial charge is 0.355 e. The van der Waals surface area contributed by atoms with E-state index in [-0.39, 0.29) is 5.56 Å². The first kappa shape index (κ1) is 19.6. The number of nitrogens with one attached hydrogen (secondary N) is 1. The van der Waals surface area contributed by atoms with Crippen LogP contribution >= 0.6 is 11.6 Å². The predicted octanol–water partition coefficient (Wildman–Crippen LogP) is 4.24. The first-order valence-corrected chi connectivity index (χ1v) is 8.98. The fourth-order valence-electron chi connectivity index (χ4n) is 3.18. The van der Waals surface area contributed by atoms with Crippen LogP contribution in [-0.2, 0) is 6.54 Å². The number of carbonyl (C=O) groups excluding carboxylic acids is 1. The lowest BCUT2D eigenvalue weighted by Crippen LogP contribution is -2.19. The van der Waals surface area contributed by atoms with E-state index in [1.807, 2.05) is 26.0 Å². The van der Waals surface area contributed by atoms with Gasteiger partial charge in [0.05, 0.1) is 28.4 Å². The average Bonchev–Trinajstić information content (AvgIpc) is 2.94. The lowest BCUT2D eigenvalue weighted by Gasteiger charge is -2.08. The van der Waals surface area contributed by atoms with Gasteiger partial charge in [-0.1, -0.05) is 23.7 Å². The van der Waals surface area contributed by atoms with Crippen molar-refractivity contribution in [3.8, 4) is 17.2 Å². The summed E-state index contributed by atoms with van der Waals surface area (Å²) in [5, 5.41) is 16.4. The third-order valence-electron chi connectivity index (χ3n) is 4.60. The van der Waals surface area contributed by atoms with E-state index in [1.165, 1.54) is 19.2 Å². The van der Waals surface area contributed by atoms with E-state index < -0.39 is 11.7 Å². The van der Waals surface area contributed by atoms with Crippen LogP contribution in [0.25, 0.3) is 11.1 Å². The summed E-state index contributed by atoms with van der Waals surface area (Å²) in [6, 6.07) is 11.8. The number of benzene rings is 2. The lowest BCUT2D eigenvalue weighted by molar-refractivity contribution is 0.0959. The Labute approximate surface area is 167 Å². The second kappa shape index (κ2) is 7.83. The zero-order valence-corrected chi connectivity index (χ0v) is 16.4. The minimum Gasteiger partial charge on any atom is -0.355 e. The van der Waals surface area contributed by atoms with Crippen LogP contribution in [0.5, 0.6) is 0 Å². The number of hydrogen-bond donors (Lipinski definition) is 1. The minimum atomic E-state index is -0.572. The maximum absolute atomic E-state index is 14.2. The van der Waals surface area contributed by atoms with E-state index in [9.17, 15) is 9.18 Å². The second-order valence-electron chi connectivity index (χ2n) is 6.40. The van der Waals surface area contributed by atoms with Gasteiger partial charge in [0, 0.05) is 18.3 Å². The smallest absolute Gasteiger partial charge is 0.253 e. The van der Waals surface area contributed by atoms with Gasteiger partial charge in [0.25, 0.3) is 5.91 Å². The molecule has 3 aromatic rings. The van der Waals surface area contributed by atoms with Crippen LogP contribution < -0.4 is 5.32 Å². The molecule has 142 valence electrons. The van der Waals surface area contributed by atoms with Crippen LogP contribution in [0.2, 0.25) is 5.02 Å². The quantitative estimate of drug-likeness (QED) is 0.717. The highest BCUT2D eigenvalue weighted by Crippen LogP contribution is 2.30. The number of hydrogen-bond acceptors (Lipinski definition) is 3. The summed E-state index contributed by atoms with van der Waals surface area (Å²) in [5.41, 5.74) is 4.61. The summed E-state index contributed by atoms with van der Waals surface area (Å²) in [5.74, 6) is -1.03. The standard InChI is InChI=1S/C21H18ClFN4O/c1-12-20(15-5-6-16(10-24)18(22)9-15)13(2)27(26-12)11-14-4-7-17(19(23)8-14)21(28)25-3/h4-9H,11H2,1-3H3,(H,25,28). The van der Waals surface area contributed by atoms with Gasteiger partial charge in [0.2, 0.25) is 0 Å². The van der Waals surface area contributed by atoms with Gasteiger partial charge in [-0.3, -0.25) is 9.48 Å². The first-order valence-electron chi connectivity index (χ1n) is 8.60. The number of aromatic nitrogens is 2. The normalized spacial score (nSPS) is 10.6. The van der Waals surface area contributed by atoms with Crippen LogP contribution in [0, 0.1) is 31.0 Å². The molecular weight excluding hydrogens is 379 g/mol. The molecule has 0 saturated carbocycles. The summed E-state index contributed by atoms with van der Waals surface area (Å²) in [6.45, 7) is 4.18. The molecular formula is C21H18ClFN4O. The molecule has 0 atom stereocenters. The maximum Gasteiger partial charge on any atom is 0.253 e. The summed E-state index contributed by atoms with van der Waals surface area (Å²) < 4.78 is 16.0. The van der Waals surface area contributed by atoms with E-state index in [0.29, 0.717) is 22.7 Å². The Bertz CT molecular complexity index is 1110. The SMILES string of the molecule is CNC(=O)c1ccc(Cn2nc(C)c(-c3ccc(C#N)c(Cl)c3)c2C)cc1F. The van der Waals surface area contributed by atoms with Crippen molar-refractivity contribution in [2.75, 3.05) is 7.05 Å². The Morgan fingerprint density at radius 1 is 1.29 bits per heavy atom. The Kier molecular flexibility index (Phi) is 5.48. The molecule has 0 radical (unpaired) electrons. The van der Waals surface area contributed by atoms with Crippen molar-refractivity contribution in [1.82, 2.24) is 15.1 Å². The third-order valence-corrected chi connectivity index (χ3v) is 4.91. The van der Waals surface area contributed by atoms with Gasteiger partial charge in [0.1, 0.15) is 11.9 Å². The summed E-state index contributed by atoms with van der Waals surface area (Å²) >= 11 is 6.17. The van der Waals surface area contributed by atoms with E-state index in [2.05, 4.69) is 10.4 Å². The van der Waals surface area contributed by atoms with E-state index in [1.54, 1.807) is 22.9 Å². The van der Waals surface area contributed by atoms with Crippen molar-refractivity contribution in [3.05, 3.63) is 75.3 Å². The molecule has 1 heterocycles. The number of amides is 1. The third kappa shape index (κ3) is 3.62. The molecule has 0 bridgehead atoms. The van der Waals surface area contributed by atoms with Crippen LogP contribution in [0.4, 0.5) is 4.39 Å². The fourth-order valence-corrected chi connectivity index (χ4v) is 3.40. The number of rotatable bonds is 4. The highest BCUT2D eigenvalue weighted by atomic mass is 35.5. The number of nitriles is 1. The first-order chi connectivity index (χ1) is 13.3. The van der Waals surface area contributed by atoms with Gasteiger partial charge in [-0.15, -0.1) is 0 Å². The number of aryl methyl sites for hydroxylation is 1. The lowest BCUT2D eigenvalue weighted by atomic mass is 10.0. The van der Waals surface area contributed by atoms with Gasteiger partial charge in [-0.25, -0.2) is 4.39 Å². The zero-order valence-electron chi connectivity index (χ0n) is 15.7. The Morgan fingerprint density at radius 2 is 2.04 bits per heavy atom. The zero-order chi connectivity index (χ0) is 20.4. The minimum absolute atomic E-state index is 0.00697. The van der Waals surface area contributed by atoms with E-state index in [0.717, 1.165) is 22.5 Å². The molecule has 3 rings (SSSR count).